The van der Waals surface area contributed by atoms with Crippen molar-refractivity contribution in [3.8, 4) is 0 Å². The predicted octanol–water partition coefficient (Wildman–Crippen LogP) is 0.347. The smallest absolute Gasteiger partial charge is 0.407 e. The van der Waals surface area contributed by atoms with Crippen LogP contribution in [0.4, 0.5) is 4.79 Å². The molecule has 4 nitrogen and oxygen atoms in total. The Morgan fingerprint density at radius 1 is 1.23 bits per heavy atom. The molecule has 0 radical (unpaired) electrons. The summed E-state index contributed by atoms with van der Waals surface area (Å²) >= 11 is 0. The zero-order chi connectivity index (χ0) is 9.00. The summed E-state index contributed by atoms with van der Waals surface area (Å²) in [6.07, 6.45) is 1.46. The van der Waals surface area contributed by atoms with E-state index < -0.39 is 6.09 Å². The maximum Gasteiger partial charge on any atom is 0.407 e. The van der Waals surface area contributed by atoms with Crippen LogP contribution in [0.2, 0.25) is 0 Å². The Balaban J connectivity index is 1.92. The SMILES string of the molecule is O=C(O)N1[C@@H]2CC[C@H]1[C@H]1CNC[C@H]12. The first-order chi connectivity index (χ1) is 6.29. The molecule has 2 N–H and O–H groups in total. The van der Waals surface area contributed by atoms with Crippen LogP contribution in [-0.4, -0.2) is 41.3 Å². The molecule has 0 spiro atoms. The van der Waals surface area contributed by atoms with Crippen LogP contribution in [0.1, 0.15) is 12.8 Å². The van der Waals surface area contributed by atoms with E-state index in [1.54, 1.807) is 4.90 Å². The second-order valence-corrected chi connectivity index (χ2v) is 4.39. The summed E-state index contributed by atoms with van der Waals surface area (Å²) in [5, 5.41) is 12.4. The number of hydrogen-bond acceptors (Lipinski definition) is 2. The second-order valence-electron chi connectivity index (χ2n) is 4.39. The molecule has 3 saturated heterocycles. The van der Waals surface area contributed by atoms with Gasteiger partial charge in [0, 0.05) is 25.2 Å². The average Bonchev–Trinajstić information content (AvgIpc) is 2.75. The van der Waals surface area contributed by atoms with Crippen LogP contribution < -0.4 is 5.32 Å². The number of nitrogens with zero attached hydrogens (tertiary/aromatic N) is 1. The zero-order valence-corrected chi connectivity index (χ0v) is 7.44. The van der Waals surface area contributed by atoms with E-state index in [4.69, 9.17) is 5.11 Å². The number of fused-ring (bicyclic) bond motifs is 5. The summed E-state index contributed by atoms with van der Waals surface area (Å²) in [5.41, 5.74) is 0. The van der Waals surface area contributed by atoms with Crippen LogP contribution >= 0.6 is 0 Å². The molecule has 3 aliphatic heterocycles. The Morgan fingerprint density at radius 3 is 2.23 bits per heavy atom. The molecule has 0 aromatic heterocycles. The number of carbonyl (C=O) groups is 1. The highest BCUT2D eigenvalue weighted by molar-refractivity contribution is 5.67. The predicted molar refractivity (Wildman–Crippen MR) is 46.5 cm³/mol. The minimum atomic E-state index is -0.707. The molecule has 2 bridgehead atoms. The van der Waals surface area contributed by atoms with E-state index >= 15 is 0 Å². The molecule has 0 unspecified atom stereocenters. The quantitative estimate of drug-likeness (QED) is 0.568. The number of nitrogens with one attached hydrogen (secondary N) is 1. The maximum absolute atomic E-state index is 11.0. The first-order valence-corrected chi connectivity index (χ1v) is 5.01. The fraction of sp³-hybridized carbons (Fsp3) is 0.889. The topological polar surface area (TPSA) is 52.6 Å². The van der Waals surface area contributed by atoms with Crippen molar-refractivity contribution in [2.24, 2.45) is 11.8 Å². The molecule has 3 heterocycles. The van der Waals surface area contributed by atoms with Crippen molar-refractivity contribution in [1.29, 1.82) is 0 Å². The third kappa shape index (κ3) is 0.817. The highest BCUT2D eigenvalue weighted by Gasteiger charge is 2.56. The van der Waals surface area contributed by atoms with Gasteiger partial charge < -0.3 is 15.3 Å². The van der Waals surface area contributed by atoms with E-state index in [0.717, 1.165) is 25.9 Å². The van der Waals surface area contributed by atoms with E-state index in [-0.39, 0.29) is 0 Å². The Hall–Kier alpha value is -0.770. The molecule has 0 aromatic rings. The summed E-state index contributed by atoms with van der Waals surface area (Å²) in [4.78, 5) is 12.7. The molecular weight excluding hydrogens is 168 g/mol. The van der Waals surface area contributed by atoms with E-state index in [1.807, 2.05) is 0 Å². The van der Waals surface area contributed by atoms with Gasteiger partial charge in [-0.15, -0.1) is 0 Å². The largest absolute Gasteiger partial charge is 0.465 e. The van der Waals surface area contributed by atoms with E-state index in [2.05, 4.69) is 5.32 Å². The Labute approximate surface area is 76.9 Å². The summed E-state index contributed by atoms with van der Waals surface area (Å²) < 4.78 is 0. The minimum absolute atomic E-state index is 0.322. The van der Waals surface area contributed by atoms with Crippen molar-refractivity contribution in [3.63, 3.8) is 0 Å². The van der Waals surface area contributed by atoms with E-state index in [1.165, 1.54) is 0 Å². The lowest BCUT2D eigenvalue weighted by Crippen LogP contribution is -2.38. The van der Waals surface area contributed by atoms with Gasteiger partial charge in [0.2, 0.25) is 0 Å². The van der Waals surface area contributed by atoms with Gasteiger partial charge in [0.25, 0.3) is 0 Å². The standard InChI is InChI=1S/C9H14N2O2/c12-9(13)11-7-1-2-8(11)6-4-10-3-5(6)7/h5-8,10H,1-4H2,(H,12,13)/t5-,6+,7-,8+. The van der Waals surface area contributed by atoms with Crippen molar-refractivity contribution in [1.82, 2.24) is 10.2 Å². The molecule has 72 valence electrons. The normalized spacial score (nSPS) is 46.9. The molecule has 3 aliphatic rings. The van der Waals surface area contributed by atoms with Gasteiger partial charge in [0.1, 0.15) is 0 Å². The fourth-order valence-electron chi connectivity index (χ4n) is 3.55. The van der Waals surface area contributed by atoms with Crippen LogP contribution in [0.25, 0.3) is 0 Å². The van der Waals surface area contributed by atoms with Gasteiger partial charge in [-0.2, -0.15) is 0 Å². The number of carboxylic acid groups (broad SMARTS) is 1. The van der Waals surface area contributed by atoms with Crippen molar-refractivity contribution >= 4 is 6.09 Å². The molecule has 0 aliphatic carbocycles. The highest BCUT2D eigenvalue weighted by Crippen LogP contribution is 2.47. The van der Waals surface area contributed by atoms with Crippen LogP contribution in [0.15, 0.2) is 0 Å². The van der Waals surface area contributed by atoms with E-state index in [9.17, 15) is 4.79 Å². The summed E-state index contributed by atoms with van der Waals surface area (Å²) in [6, 6.07) is 0.644. The van der Waals surface area contributed by atoms with Gasteiger partial charge in [-0.25, -0.2) is 4.79 Å². The lowest BCUT2D eigenvalue weighted by Gasteiger charge is -2.20. The van der Waals surface area contributed by atoms with Crippen molar-refractivity contribution in [2.45, 2.75) is 24.9 Å². The lowest BCUT2D eigenvalue weighted by atomic mass is 9.82. The first kappa shape index (κ1) is 7.62. The van der Waals surface area contributed by atoms with Gasteiger partial charge in [-0.3, -0.25) is 0 Å². The van der Waals surface area contributed by atoms with Gasteiger partial charge >= 0.3 is 6.09 Å². The summed E-state index contributed by atoms with van der Waals surface area (Å²) in [7, 11) is 0. The molecule has 0 saturated carbocycles. The van der Waals surface area contributed by atoms with Gasteiger partial charge in [-0.05, 0) is 24.7 Å². The average molecular weight is 182 g/mol. The molecule has 4 atom stereocenters. The molecule has 4 heteroatoms. The Bertz CT molecular complexity index is 238. The summed E-state index contributed by atoms with van der Waals surface area (Å²) in [5.74, 6) is 1.21. The summed E-state index contributed by atoms with van der Waals surface area (Å²) in [6.45, 7) is 2.05. The lowest BCUT2D eigenvalue weighted by molar-refractivity contribution is 0.133. The van der Waals surface area contributed by atoms with Gasteiger partial charge in [-0.1, -0.05) is 0 Å². The third-order valence-corrected chi connectivity index (χ3v) is 3.99. The monoisotopic (exact) mass is 182 g/mol. The number of rotatable bonds is 0. The van der Waals surface area contributed by atoms with Crippen LogP contribution in [0.5, 0.6) is 0 Å². The highest BCUT2D eigenvalue weighted by atomic mass is 16.4. The van der Waals surface area contributed by atoms with Crippen LogP contribution in [0, 0.1) is 11.8 Å². The first-order valence-electron chi connectivity index (χ1n) is 5.01. The van der Waals surface area contributed by atoms with Crippen molar-refractivity contribution < 1.29 is 9.90 Å². The van der Waals surface area contributed by atoms with Gasteiger partial charge in [0.15, 0.2) is 0 Å². The van der Waals surface area contributed by atoms with Crippen LogP contribution in [0.3, 0.4) is 0 Å². The second kappa shape index (κ2) is 2.38. The van der Waals surface area contributed by atoms with E-state index in [0.29, 0.717) is 23.9 Å². The van der Waals surface area contributed by atoms with Crippen molar-refractivity contribution in [2.75, 3.05) is 13.1 Å². The number of hydrogen-bond donors (Lipinski definition) is 2. The van der Waals surface area contributed by atoms with Crippen LogP contribution in [-0.2, 0) is 0 Å². The Kier molecular flexibility index (Phi) is 1.39. The maximum atomic E-state index is 11.0. The van der Waals surface area contributed by atoms with Gasteiger partial charge in [0.05, 0.1) is 0 Å². The molecular formula is C9H14N2O2. The Morgan fingerprint density at radius 2 is 1.77 bits per heavy atom. The van der Waals surface area contributed by atoms with Crippen molar-refractivity contribution in [3.05, 3.63) is 0 Å². The molecule has 1 amide bonds. The molecule has 0 aromatic carbocycles. The minimum Gasteiger partial charge on any atom is -0.465 e. The fourth-order valence-corrected chi connectivity index (χ4v) is 3.55. The molecule has 3 rings (SSSR count). The molecule has 13 heavy (non-hydrogen) atoms. The number of amides is 1. The molecule has 3 fully saturated rings. The zero-order valence-electron chi connectivity index (χ0n) is 7.44. The third-order valence-electron chi connectivity index (χ3n) is 3.99.